The zero-order valence-electron chi connectivity index (χ0n) is 9.83. The lowest BCUT2D eigenvalue weighted by Gasteiger charge is -2.19. The van der Waals surface area contributed by atoms with Crippen molar-refractivity contribution in [2.45, 2.75) is 13.1 Å². The molecule has 0 radical (unpaired) electrons. The second kappa shape index (κ2) is 4.37. The SMILES string of the molecule is C=[N+]1C=CC=C[C-]1c1ccc(C(F)(F)F)cc1C. The third kappa shape index (κ3) is 2.32. The van der Waals surface area contributed by atoms with E-state index in [-0.39, 0.29) is 0 Å². The number of alkyl halides is 3. The van der Waals surface area contributed by atoms with Gasteiger partial charge in [-0.1, -0.05) is 30.7 Å². The van der Waals surface area contributed by atoms with E-state index in [0.29, 0.717) is 5.56 Å². The molecular formula is C14H12F3N. The third-order valence-corrected chi connectivity index (χ3v) is 2.77. The average Bonchev–Trinajstić information content (AvgIpc) is 2.29. The molecule has 94 valence electrons. The summed E-state index contributed by atoms with van der Waals surface area (Å²) in [5.74, 6) is 0. The van der Waals surface area contributed by atoms with Gasteiger partial charge >= 0.3 is 6.18 Å². The molecule has 0 N–H and O–H groups in total. The van der Waals surface area contributed by atoms with E-state index < -0.39 is 11.7 Å². The highest BCUT2D eigenvalue weighted by molar-refractivity contribution is 5.44. The van der Waals surface area contributed by atoms with Crippen molar-refractivity contribution in [1.29, 1.82) is 0 Å². The van der Waals surface area contributed by atoms with Gasteiger partial charge in [0.15, 0.2) is 0 Å². The van der Waals surface area contributed by atoms with Crippen LogP contribution in [-0.2, 0) is 6.18 Å². The van der Waals surface area contributed by atoms with Crippen molar-refractivity contribution >= 4 is 6.72 Å². The number of aryl methyl sites for hydroxylation is 1. The van der Waals surface area contributed by atoms with E-state index in [4.69, 9.17) is 0 Å². The summed E-state index contributed by atoms with van der Waals surface area (Å²) in [4.78, 5) is 0. The summed E-state index contributed by atoms with van der Waals surface area (Å²) in [6.45, 7) is 5.47. The van der Waals surface area contributed by atoms with Crippen LogP contribution in [0.15, 0.2) is 42.6 Å². The van der Waals surface area contributed by atoms with Gasteiger partial charge in [-0.25, -0.2) is 0 Å². The second-order valence-electron chi connectivity index (χ2n) is 4.08. The van der Waals surface area contributed by atoms with E-state index >= 15 is 0 Å². The van der Waals surface area contributed by atoms with Crippen molar-refractivity contribution in [3.8, 4) is 0 Å². The third-order valence-electron chi connectivity index (χ3n) is 2.77. The van der Waals surface area contributed by atoms with Crippen LogP contribution in [0, 0.1) is 13.0 Å². The molecule has 1 nitrogen and oxygen atoms in total. The Labute approximate surface area is 104 Å². The molecule has 1 heterocycles. The summed E-state index contributed by atoms with van der Waals surface area (Å²) < 4.78 is 39.3. The van der Waals surface area contributed by atoms with Crippen molar-refractivity contribution in [3.05, 3.63) is 65.4 Å². The van der Waals surface area contributed by atoms with E-state index in [0.717, 1.165) is 23.7 Å². The fraction of sp³-hybridized carbons (Fsp3) is 0.143. The van der Waals surface area contributed by atoms with Gasteiger partial charge in [-0.05, 0) is 11.6 Å². The molecule has 1 aromatic carbocycles. The summed E-state index contributed by atoms with van der Waals surface area (Å²) >= 11 is 0. The predicted molar refractivity (Wildman–Crippen MR) is 64.2 cm³/mol. The van der Waals surface area contributed by atoms with E-state index in [9.17, 15) is 13.2 Å². The molecule has 0 saturated heterocycles. The maximum Gasteiger partial charge on any atom is 0.415 e. The Kier molecular flexibility index (Phi) is 3.03. The van der Waals surface area contributed by atoms with Crippen LogP contribution in [0.5, 0.6) is 0 Å². The monoisotopic (exact) mass is 251 g/mol. The minimum atomic E-state index is -4.31. The molecule has 0 atom stereocenters. The van der Waals surface area contributed by atoms with E-state index in [2.05, 4.69) is 6.72 Å². The minimum absolute atomic E-state index is 0.577. The van der Waals surface area contributed by atoms with E-state index in [1.807, 2.05) is 18.2 Å². The fourth-order valence-electron chi connectivity index (χ4n) is 1.85. The smallest absolute Gasteiger partial charge is 0.255 e. The minimum Gasteiger partial charge on any atom is -0.255 e. The van der Waals surface area contributed by atoms with Crippen molar-refractivity contribution in [1.82, 2.24) is 0 Å². The first-order valence-electron chi connectivity index (χ1n) is 5.39. The predicted octanol–water partition coefficient (Wildman–Crippen LogP) is 3.69. The van der Waals surface area contributed by atoms with Crippen LogP contribution >= 0.6 is 0 Å². The molecule has 1 aromatic rings. The van der Waals surface area contributed by atoms with Gasteiger partial charge in [-0.15, -0.1) is 12.1 Å². The molecule has 0 saturated carbocycles. The number of rotatable bonds is 1. The topological polar surface area (TPSA) is 3.01 Å². The largest absolute Gasteiger partial charge is 0.415 e. The van der Waals surface area contributed by atoms with Crippen LogP contribution in [0.3, 0.4) is 0 Å². The fourth-order valence-corrected chi connectivity index (χ4v) is 1.85. The van der Waals surface area contributed by atoms with Gasteiger partial charge in [0.1, 0.15) is 12.2 Å². The maximum absolute atomic E-state index is 12.6. The van der Waals surface area contributed by atoms with Gasteiger partial charge in [0, 0.05) is 5.56 Å². The Morgan fingerprint density at radius 1 is 1.22 bits per heavy atom. The van der Waals surface area contributed by atoms with Crippen LogP contribution in [0.25, 0.3) is 0 Å². The molecule has 18 heavy (non-hydrogen) atoms. The lowest BCUT2D eigenvalue weighted by atomic mass is 9.97. The normalized spacial score (nSPS) is 15.3. The number of allylic oxidation sites excluding steroid dienone is 2. The molecule has 0 unspecified atom stereocenters. The van der Waals surface area contributed by atoms with Crippen LogP contribution in [0.2, 0.25) is 0 Å². The highest BCUT2D eigenvalue weighted by Crippen LogP contribution is 2.32. The van der Waals surface area contributed by atoms with Gasteiger partial charge < -0.3 is 0 Å². The molecule has 0 amide bonds. The Morgan fingerprint density at radius 3 is 2.50 bits per heavy atom. The Hall–Kier alpha value is -1.97. The molecule has 0 spiro atoms. The molecule has 1 aliphatic rings. The number of hydrogen-bond acceptors (Lipinski definition) is 0. The van der Waals surface area contributed by atoms with Gasteiger partial charge in [0.25, 0.3) is 0 Å². The van der Waals surface area contributed by atoms with Gasteiger partial charge in [-0.3, -0.25) is 4.58 Å². The highest BCUT2D eigenvalue weighted by atomic mass is 19.4. The number of nitrogens with zero attached hydrogens (tertiary/aromatic N) is 1. The Balaban J connectivity index is 2.39. The molecular weight excluding hydrogens is 239 g/mol. The maximum atomic E-state index is 12.6. The Morgan fingerprint density at radius 2 is 1.94 bits per heavy atom. The standard InChI is InChI=1S/C14H12F3N/c1-10-9-11(14(15,16)17)6-7-12(10)13-5-3-4-8-18(13)2/h3-9H,2H2,1H3. The van der Waals surface area contributed by atoms with Crippen molar-refractivity contribution in [2.75, 3.05) is 0 Å². The first-order valence-corrected chi connectivity index (χ1v) is 5.39. The average molecular weight is 251 g/mol. The van der Waals surface area contributed by atoms with Crippen molar-refractivity contribution in [2.24, 2.45) is 0 Å². The van der Waals surface area contributed by atoms with Gasteiger partial charge in [0.2, 0.25) is 0 Å². The molecule has 1 aliphatic heterocycles. The molecule has 0 fully saturated rings. The van der Waals surface area contributed by atoms with Crippen molar-refractivity contribution < 1.29 is 17.7 Å². The second-order valence-corrected chi connectivity index (χ2v) is 4.08. The van der Waals surface area contributed by atoms with Crippen molar-refractivity contribution in [3.63, 3.8) is 0 Å². The highest BCUT2D eigenvalue weighted by Gasteiger charge is 2.30. The van der Waals surface area contributed by atoms with Crippen LogP contribution in [0.4, 0.5) is 13.2 Å². The molecule has 4 heteroatoms. The summed E-state index contributed by atoms with van der Waals surface area (Å²) in [7, 11) is 0. The lowest BCUT2D eigenvalue weighted by molar-refractivity contribution is -0.417. The van der Waals surface area contributed by atoms with Gasteiger partial charge in [-0.2, -0.15) is 13.2 Å². The quantitative estimate of drug-likeness (QED) is 0.529. The number of hydrogen-bond donors (Lipinski definition) is 0. The summed E-state index contributed by atoms with van der Waals surface area (Å²) in [6, 6.07) is 4.51. The number of halogens is 3. The first kappa shape index (κ1) is 12.5. The molecule has 0 aliphatic carbocycles. The molecule has 2 rings (SSSR count). The summed E-state index contributed by atoms with van der Waals surface area (Å²) in [5.41, 5.74) is 0.697. The van der Waals surface area contributed by atoms with Gasteiger partial charge in [0.05, 0.1) is 6.72 Å². The van der Waals surface area contributed by atoms with E-state index in [1.165, 1.54) is 6.07 Å². The Bertz CT molecular complexity index is 538. The first-order chi connectivity index (χ1) is 8.39. The summed E-state index contributed by atoms with van der Waals surface area (Å²) in [5, 5.41) is 0. The van der Waals surface area contributed by atoms with E-state index in [1.54, 1.807) is 17.7 Å². The zero-order chi connectivity index (χ0) is 13.3. The number of benzene rings is 1. The van der Waals surface area contributed by atoms with Crippen LogP contribution in [0.1, 0.15) is 16.7 Å². The molecule has 0 aromatic heterocycles. The zero-order valence-corrected chi connectivity index (χ0v) is 9.83. The molecule has 0 bridgehead atoms. The summed E-state index contributed by atoms with van der Waals surface area (Å²) in [6.07, 6.45) is 2.92. The lowest BCUT2D eigenvalue weighted by Crippen LogP contribution is -2.15. The van der Waals surface area contributed by atoms with Crippen LogP contribution < -0.4 is 0 Å². The van der Waals surface area contributed by atoms with Crippen LogP contribution in [-0.4, -0.2) is 11.3 Å².